The first-order chi connectivity index (χ1) is 8.33. The molecule has 1 aliphatic rings. The molecule has 1 aromatic rings. The standard InChI is InChI=1S/C14H19N3/c1-2-11-5-7-12(8-6-11)17-13-4-3-9-16-14(13)10-15/h3-4,9,11-12,17H,2,5-8H2,1H3. The van der Waals surface area contributed by atoms with Crippen LogP contribution in [-0.2, 0) is 0 Å². The number of nitrogens with zero attached hydrogens (tertiary/aromatic N) is 2. The molecule has 3 nitrogen and oxygen atoms in total. The fourth-order valence-electron chi connectivity index (χ4n) is 2.55. The van der Waals surface area contributed by atoms with Crippen LogP contribution in [0, 0.1) is 17.2 Å². The highest BCUT2D eigenvalue weighted by molar-refractivity contribution is 5.53. The minimum Gasteiger partial charge on any atom is -0.380 e. The van der Waals surface area contributed by atoms with Crippen molar-refractivity contribution in [2.75, 3.05) is 5.32 Å². The summed E-state index contributed by atoms with van der Waals surface area (Å²) in [5, 5.41) is 12.4. The van der Waals surface area contributed by atoms with Crippen LogP contribution in [0.4, 0.5) is 5.69 Å². The summed E-state index contributed by atoms with van der Waals surface area (Å²) in [4.78, 5) is 4.07. The Balaban J connectivity index is 1.96. The Morgan fingerprint density at radius 2 is 2.18 bits per heavy atom. The van der Waals surface area contributed by atoms with E-state index in [1.165, 1.54) is 32.1 Å². The number of nitrogens with one attached hydrogen (secondary N) is 1. The Kier molecular flexibility index (Phi) is 3.98. The fraction of sp³-hybridized carbons (Fsp3) is 0.571. The maximum atomic E-state index is 8.98. The number of aromatic nitrogens is 1. The SMILES string of the molecule is CCC1CCC(Nc2cccnc2C#N)CC1. The van der Waals surface area contributed by atoms with E-state index in [1.807, 2.05) is 12.1 Å². The summed E-state index contributed by atoms with van der Waals surface area (Å²) in [6.45, 7) is 2.27. The summed E-state index contributed by atoms with van der Waals surface area (Å²) in [5.41, 5.74) is 1.39. The zero-order valence-corrected chi connectivity index (χ0v) is 10.3. The van der Waals surface area contributed by atoms with Crippen molar-refractivity contribution in [3.05, 3.63) is 24.0 Å². The topological polar surface area (TPSA) is 48.7 Å². The van der Waals surface area contributed by atoms with E-state index in [0.717, 1.165) is 11.6 Å². The van der Waals surface area contributed by atoms with Gasteiger partial charge in [0.15, 0.2) is 5.69 Å². The van der Waals surface area contributed by atoms with Crippen LogP contribution >= 0.6 is 0 Å². The zero-order valence-electron chi connectivity index (χ0n) is 10.3. The third kappa shape index (κ3) is 2.97. The van der Waals surface area contributed by atoms with E-state index in [-0.39, 0.29) is 0 Å². The van der Waals surface area contributed by atoms with Crippen molar-refractivity contribution in [1.82, 2.24) is 4.98 Å². The molecule has 90 valence electrons. The average Bonchev–Trinajstić information content (AvgIpc) is 2.40. The molecule has 0 atom stereocenters. The molecule has 1 saturated carbocycles. The summed E-state index contributed by atoms with van der Waals surface area (Å²) in [5.74, 6) is 0.900. The molecule has 0 saturated heterocycles. The number of rotatable bonds is 3. The van der Waals surface area contributed by atoms with Crippen LogP contribution in [0.25, 0.3) is 0 Å². The summed E-state index contributed by atoms with van der Waals surface area (Å²) >= 11 is 0. The first-order valence-electron chi connectivity index (χ1n) is 6.45. The lowest BCUT2D eigenvalue weighted by Gasteiger charge is -2.29. The molecular formula is C14H19N3. The molecular weight excluding hydrogens is 210 g/mol. The minimum atomic E-state index is 0.505. The van der Waals surface area contributed by atoms with Crippen molar-refractivity contribution in [2.24, 2.45) is 5.92 Å². The van der Waals surface area contributed by atoms with Crippen LogP contribution in [0.15, 0.2) is 18.3 Å². The maximum Gasteiger partial charge on any atom is 0.163 e. The van der Waals surface area contributed by atoms with E-state index in [1.54, 1.807) is 6.20 Å². The second-order valence-corrected chi connectivity index (χ2v) is 4.78. The Hall–Kier alpha value is -1.56. The smallest absolute Gasteiger partial charge is 0.163 e. The van der Waals surface area contributed by atoms with Crippen molar-refractivity contribution >= 4 is 5.69 Å². The van der Waals surface area contributed by atoms with Gasteiger partial charge in [0.1, 0.15) is 6.07 Å². The molecule has 0 amide bonds. The second kappa shape index (κ2) is 5.67. The highest BCUT2D eigenvalue weighted by atomic mass is 14.9. The number of anilines is 1. The van der Waals surface area contributed by atoms with Crippen molar-refractivity contribution in [1.29, 1.82) is 5.26 Å². The van der Waals surface area contributed by atoms with Crippen molar-refractivity contribution in [2.45, 2.75) is 45.1 Å². The van der Waals surface area contributed by atoms with Gasteiger partial charge in [-0.05, 0) is 43.7 Å². The Labute approximate surface area is 103 Å². The van der Waals surface area contributed by atoms with Gasteiger partial charge >= 0.3 is 0 Å². The van der Waals surface area contributed by atoms with Crippen LogP contribution in [0.1, 0.15) is 44.7 Å². The van der Waals surface area contributed by atoms with E-state index in [4.69, 9.17) is 5.26 Å². The van der Waals surface area contributed by atoms with Crippen LogP contribution in [-0.4, -0.2) is 11.0 Å². The zero-order chi connectivity index (χ0) is 12.1. The van der Waals surface area contributed by atoms with E-state index < -0.39 is 0 Å². The fourth-order valence-corrected chi connectivity index (χ4v) is 2.55. The van der Waals surface area contributed by atoms with E-state index in [9.17, 15) is 0 Å². The lowest BCUT2D eigenvalue weighted by Crippen LogP contribution is -2.26. The summed E-state index contributed by atoms with van der Waals surface area (Å²) in [6, 6.07) is 6.46. The molecule has 0 aliphatic heterocycles. The Bertz CT molecular complexity index is 400. The molecule has 1 heterocycles. The molecule has 0 unspecified atom stereocenters. The van der Waals surface area contributed by atoms with E-state index in [0.29, 0.717) is 11.7 Å². The van der Waals surface area contributed by atoms with Gasteiger partial charge in [-0.2, -0.15) is 5.26 Å². The Morgan fingerprint density at radius 3 is 2.82 bits per heavy atom. The summed E-state index contributed by atoms with van der Waals surface area (Å²) in [7, 11) is 0. The van der Waals surface area contributed by atoms with Crippen LogP contribution in [0.5, 0.6) is 0 Å². The van der Waals surface area contributed by atoms with Gasteiger partial charge in [-0.15, -0.1) is 0 Å². The Morgan fingerprint density at radius 1 is 1.41 bits per heavy atom. The minimum absolute atomic E-state index is 0.505. The number of hydrogen-bond acceptors (Lipinski definition) is 3. The molecule has 0 bridgehead atoms. The normalized spacial score (nSPS) is 24.0. The molecule has 0 aromatic carbocycles. The van der Waals surface area contributed by atoms with Crippen molar-refractivity contribution in [3.63, 3.8) is 0 Å². The molecule has 1 aliphatic carbocycles. The molecule has 1 fully saturated rings. The predicted octanol–water partition coefficient (Wildman–Crippen LogP) is 3.33. The summed E-state index contributed by atoms with van der Waals surface area (Å²) < 4.78 is 0. The number of nitriles is 1. The van der Waals surface area contributed by atoms with Crippen molar-refractivity contribution < 1.29 is 0 Å². The van der Waals surface area contributed by atoms with Gasteiger partial charge in [0, 0.05) is 12.2 Å². The third-order valence-corrected chi connectivity index (χ3v) is 3.70. The van der Waals surface area contributed by atoms with Gasteiger partial charge in [0.25, 0.3) is 0 Å². The molecule has 1 aromatic heterocycles. The van der Waals surface area contributed by atoms with Gasteiger partial charge < -0.3 is 5.32 Å². The molecule has 1 N–H and O–H groups in total. The van der Waals surface area contributed by atoms with Gasteiger partial charge in [-0.3, -0.25) is 0 Å². The number of hydrogen-bond donors (Lipinski definition) is 1. The van der Waals surface area contributed by atoms with Crippen molar-refractivity contribution in [3.8, 4) is 6.07 Å². The first-order valence-corrected chi connectivity index (χ1v) is 6.45. The largest absolute Gasteiger partial charge is 0.380 e. The molecule has 2 rings (SSSR count). The monoisotopic (exact) mass is 229 g/mol. The lowest BCUT2D eigenvalue weighted by atomic mass is 9.84. The van der Waals surface area contributed by atoms with Gasteiger partial charge in [0.2, 0.25) is 0 Å². The molecule has 17 heavy (non-hydrogen) atoms. The van der Waals surface area contributed by atoms with Crippen LogP contribution in [0.3, 0.4) is 0 Å². The molecule has 0 spiro atoms. The van der Waals surface area contributed by atoms with Gasteiger partial charge in [-0.25, -0.2) is 4.98 Å². The second-order valence-electron chi connectivity index (χ2n) is 4.78. The lowest BCUT2D eigenvalue weighted by molar-refractivity contribution is 0.330. The third-order valence-electron chi connectivity index (χ3n) is 3.70. The first kappa shape index (κ1) is 11.9. The van der Waals surface area contributed by atoms with Crippen LogP contribution < -0.4 is 5.32 Å². The van der Waals surface area contributed by atoms with E-state index >= 15 is 0 Å². The van der Waals surface area contributed by atoms with E-state index in [2.05, 4.69) is 23.3 Å². The van der Waals surface area contributed by atoms with Gasteiger partial charge in [-0.1, -0.05) is 13.3 Å². The molecule has 3 heteroatoms. The average molecular weight is 229 g/mol. The highest BCUT2D eigenvalue weighted by Crippen LogP contribution is 2.28. The number of pyridine rings is 1. The molecule has 0 radical (unpaired) electrons. The maximum absolute atomic E-state index is 8.98. The highest BCUT2D eigenvalue weighted by Gasteiger charge is 2.20. The summed E-state index contributed by atoms with van der Waals surface area (Å²) in [6.07, 6.45) is 7.98. The predicted molar refractivity (Wildman–Crippen MR) is 68.6 cm³/mol. The van der Waals surface area contributed by atoms with Crippen LogP contribution in [0.2, 0.25) is 0 Å². The van der Waals surface area contributed by atoms with Gasteiger partial charge in [0.05, 0.1) is 5.69 Å². The quantitative estimate of drug-likeness (QED) is 0.864.